The minimum atomic E-state index is 0.0834. The Morgan fingerprint density at radius 2 is 1.96 bits per heavy atom. The number of nitrogens with one attached hydrogen (secondary N) is 1. The molecule has 0 spiro atoms. The molecule has 1 N–H and O–H groups in total. The number of hydrogen-bond acceptors (Lipinski definition) is 3. The molecule has 5 nitrogen and oxygen atoms in total. The van der Waals surface area contributed by atoms with Crippen molar-refractivity contribution < 1.29 is 9.59 Å². The van der Waals surface area contributed by atoms with E-state index >= 15 is 0 Å². The van der Waals surface area contributed by atoms with Gasteiger partial charge in [0.25, 0.3) is 0 Å². The minimum Gasteiger partial charge on any atom is -0.376 e. The molecule has 0 aromatic heterocycles. The topological polar surface area (TPSA) is 52.7 Å². The number of likely N-dealkylation sites (tertiary alicyclic amines) is 1. The molecule has 126 valence electrons. The summed E-state index contributed by atoms with van der Waals surface area (Å²) < 4.78 is 0. The number of carbonyl (C=O) groups is 2. The van der Waals surface area contributed by atoms with Crippen LogP contribution in [0.25, 0.3) is 0 Å². The van der Waals surface area contributed by atoms with Crippen LogP contribution in [0, 0.1) is 5.92 Å². The van der Waals surface area contributed by atoms with Gasteiger partial charge in [-0.15, -0.1) is 0 Å². The number of amides is 2. The largest absolute Gasteiger partial charge is 0.376 e. The number of rotatable bonds is 5. The third-order valence-corrected chi connectivity index (χ3v) is 4.26. The number of carbonyl (C=O) groups excluding carboxylic acids is 2. The second-order valence-electron chi connectivity index (χ2n) is 6.60. The summed E-state index contributed by atoms with van der Waals surface area (Å²) in [7, 11) is 3.51. The van der Waals surface area contributed by atoms with Crippen molar-refractivity contribution in [2.75, 3.05) is 39.0 Å². The molecule has 1 aliphatic rings. The van der Waals surface area contributed by atoms with Crippen LogP contribution in [0.4, 0.5) is 5.69 Å². The first-order valence-electron chi connectivity index (χ1n) is 8.26. The molecule has 1 aromatic carbocycles. The average molecular weight is 317 g/mol. The first kappa shape index (κ1) is 17.3. The fourth-order valence-electron chi connectivity index (χ4n) is 2.78. The van der Waals surface area contributed by atoms with Crippen molar-refractivity contribution in [3.8, 4) is 0 Å². The summed E-state index contributed by atoms with van der Waals surface area (Å²) >= 11 is 0. The average Bonchev–Trinajstić information content (AvgIpc) is 2.53. The molecule has 1 saturated heterocycles. The molecular weight excluding hydrogens is 290 g/mol. The summed E-state index contributed by atoms with van der Waals surface area (Å²) in [6, 6.07) is 7.70. The highest BCUT2D eigenvalue weighted by atomic mass is 16.2. The Labute approximate surface area is 138 Å². The standard InChI is InChI=1S/C18H27N3O2/c1-14-5-4-10-21(13-14)18(23)12-19-16-8-6-15(7-9-16)11-17(22)20(2)3/h6-9,14,19H,4-5,10-13H2,1-3H3/t14-/m1/s1. The van der Waals surface area contributed by atoms with Crippen molar-refractivity contribution >= 4 is 17.5 Å². The Morgan fingerprint density at radius 3 is 2.57 bits per heavy atom. The third-order valence-electron chi connectivity index (χ3n) is 4.26. The van der Waals surface area contributed by atoms with E-state index in [9.17, 15) is 9.59 Å². The molecule has 1 aliphatic heterocycles. The van der Waals surface area contributed by atoms with Crippen molar-refractivity contribution in [1.82, 2.24) is 9.80 Å². The lowest BCUT2D eigenvalue weighted by molar-refractivity contribution is -0.131. The maximum Gasteiger partial charge on any atom is 0.241 e. The molecule has 1 heterocycles. The van der Waals surface area contributed by atoms with Gasteiger partial charge >= 0.3 is 0 Å². The molecule has 2 rings (SSSR count). The summed E-state index contributed by atoms with van der Waals surface area (Å²) in [5, 5.41) is 3.17. The molecule has 5 heteroatoms. The zero-order chi connectivity index (χ0) is 16.8. The third kappa shape index (κ3) is 5.27. The fourth-order valence-corrected chi connectivity index (χ4v) is 2.78. The molecule has 0 bridgehead atoms. The smallest absolute Gasteiger partial charge is 0.241 e. The van der Waals surface area contributed by atoms with Gasteiger partial charge < -0.3 is 15.1 Å². The normalized spacial score (nSPS) is 17.7. The van der Waals surface area contributed by atoms with Crippen molar-refractivity contribution in [2.24, 2.45) is 5.92 Å². The predicted molar refractivity (Wildman–Crippen MR) is 92.3 cm³/mol. The van der Waals surface area contributed by atoms with E-state index in [4.69, 9.17) is 0 Å². The van der Waals surface area contributed by atoms with Crippen LogP contribution in [-0.4, -0.2) is 55.3 Å². The van der Waals surface area contributed by atoms with Gasteiger partial charge in [-0.2, -0.15) is 0 Å². The Bertz CT molecular complexity index is 540. The van der Waals surface area contributed by atoms with Gasteiger partial charge in [-0.05, 0) is 36.5 Å². The minimum absolute atomic E-state index is 0.0834. The van der Waals surface area contributed by atoms with Gasteiger partial charge in [-0.25, -0.2) is 0 Å². The van der Waals surface area contributed by atoms with E-state index in [0.717, 1.165) is 30.8 Å². The molecule has 0 radical (unpaired) electrons. The molecule has 0 saturated carbocycles. The van der Waals surface area contributed by atoms with E-state index in [1.807, 2.05) is 29.2 Å². The zero-order valence-corrected chi connectivity index (χ0v) is 14.3. The lowest BCUT2D eigenvalue weighted by atomic mass is 10.0. The Kier molecular flexibility index (Phi) is 6.02. The predicted octanol–water partition coefficient (Wildman–Crippen LogP) is 1.99. The summed E-state index contributed by atoms with van der Waals surface area (Å²) in [6.45, 7) is 4.26. The second kappa shape index (κ2) is 7.99. The van der Waals surface area contributed by atoms with Gasteiger partial charge in [0, 0.05) is 32.9 Å². The maximum atomic E-state index is 12.2. The monoisotopic (exact) mass is 317 g/mol. The van der Waals surface area contributed by atoms with Crippen LogP contribution < -0.4 is 5.32 Å². The van der Waals surface area contributed by atoms with Crippen LogP contribution >= 0.6 is 0 Å². The van der Waals surface area contributed by atoms with Crippen molar-refractivity contribution in [3.05, 3.63) is 29.8 Å². The molecule has 2 amide bonds. The van der Waals surface area contributed by atoms with Crippen molar-refractivity contribution in [2.45, 2.75) is 26.2 Å². The van der Waals surface area contributed by atoms with Gasteiger partial charge in [0.15, 0.2) is 0 Å². The zero-order valence-electron chi connectivity index (χ0n) is 14.3. The van der Waals surface area contributed by atoms with Crippen LogP contribution in [0.1, 0.15) is 25.3 Å². The molecule has 0 aliphatic carbocycles. The highest BCUT2D eigenvalue weighted by Gasteiger charge is 2.20. The Balaban J connectivity index is 1.81. The van der Waals surface area contributed by atoms with Gasteiger partial charge in [0.2, 0.25) is 11.8 Å². The second-order valence-corrected chi connectivity index (χ2v) is 6.60. The van der Waals surface area contributed by atoms with E-state index in [1.54, 1.807) is 19.0 Å². The SMILES string of the molecule is C[C@@H]1CCCN(C(=O)CNc2ccc(CC(=O)N(C)C)cc2)C1. The number of nitrogens with zero attached hydrogens (tertiary/aromatic N) is 2. The van der Waals surface area contributed by atoms with Crippen molar-refractivity contribution in [1.29, 1.82) is 0 Å². The quantitative estimate of drug-likeness (QED) is 0.903. The highest BCUT2D eigenvalue weighted by molar-refractivity contribution is 5.81. The first-order valence-corrected chi connectivity index (χ1v) is 8.26. The number of piperidine rings is 1. The molecular formula is C18H27N3O2. The number of likely N-dealkylation sites (N-methyl/N-ethyl adjacent to an activating group) is 1. The van der Waals surface area contributed by atoms with Gasteiger partial charge in [0.1, 0.15) is 0 Å². The van der Waals surface area contributed by atoms with E-state index in [1.165, 1.54) is 6.42 Å². The summed E-state index contributed by atoms with van der Waals surface area (Å²) in [5.41, 5.74) is 1.88. The summed E-state index contributed by atoms with van der Waals surface area (Å²) in [6.07, 6.45) is 2.71. The fraction of sp³-hybridized carbons (Fsp3) is 0.556. The Morgan fingerprint density at radius 1 is 1.26 bits per heavy atom. The molecule has 1 fully saturated rings. The van der Waals surface area contributed by atoms with Crippen LogP contribution in [0.5, 0.6) is 0 Å². The van der Waals surface area contributed by atoms with Gasteiger partial charge in [-0.1, -0.05) is 19.1 Å². The highest BCUT2D eigenvalue weighted by Crippen LogP contribution is 2.16. The van der Waals surface area contributed by atoms with Crippen LogP contribution in [0.2, 0.25) is 0 Å². The van der Waals surface area contributed by atoms with E-state index < -0.39 is 0 Å². The lowest BCUT2D eigenvalue weighted by Gasteiger charge is -2.31. The first-order chi connectivity index (χ1) is 11.0. The molecule has 23 heavy (non-hydrogen) atoms. The molecule has 1 aromatic rings. The van der Waals surface area contributed by atoms with Gasteiger partial charge in [-0.3, -0.25) is 9.59 Å². The maximum absolute atomic E-state index is 12.2. The van der Waals surface area contributed by atoms with E-state index in [0.29, 0.717) is 18.9 Å². The van der Waals surface area contributed by atoms with E-state index in [2.05, 4.69) is 12.2 Å². The molecule has 0 unspecified atom stereocenters. The Hall–Kier alpha value is -2.04. The summed E-state index contributed by atoms with van der Waals surface area (Å²) in [4.78, 5) is 27.4. The van der Waals surface area contributed by atoms with Gasteiger partial charge in [0.05, 0.1) is 13.0 Å². The number of anilines is 1. The van der Waals surface area contributed by atoms with Crippen LogP contribution in [0.3, 0.4) is 0 Å². The molecule has 1 atom stereocenters. The van der Waals surface area contributed by atoms with Crippen LogP contribution in [0.15, 0.2) is 24.3 Å². The summed E-state index contributed by atoms with van der Waals surface area (Å²) in [5.74, 6) is 0.838. The van der Waals surface area contributed by atoms with Crippen LogP contribution in [-0.2, 0) is 16.0 Å². The van der Waals surface area contributed by atoms with Crippen molar-refractivity contribution in [3.63, 3.8) is 0 Å². The van der Waals surface area contributed by atoms with E-state index in [-0.39, 0.29) is 11.8 Å². The number of hydrogen-bond donors (Lipinski definition) is 1. The number of benzene rings is 1. The lowest BCUT2D eigenvalue weighted by Crippen LogP contribution is -2.41.